The first-order valence-electron chi connectivity index (χ1n) is 10.6. The number of aromatic nitrogens is 2. The number of hydrogen-bond donors (Lipinski definition) is 2. The molecule has 0 saturated carbocycles. The second-order valence-electron chi connectivity index (χ2n) is 7.75. The number of anilines is 2. The number of carbonyl (C=O) groups excluding carboxylic acids is 2. The van der Waals surface area contributed by atoms with Gasteiger partial charge in [-0.25, -0.2) is 4.68 Å². The summed E-state index contributed by atoms with van der Waals surface area (Å²) in [6, 6.07) is 7.43. The molecule has 0 unspecified atom stereocenters. The lowest BCUT2D eigenvalue weighted by Gasteiger charge is -2.33. The Morgan fingerprint density at radius 2 is 1.90 bits per heavy atom. The van der Waals surface area contributed by atoms with Crippen LogP contribution in [0.4, 0.5) is 11.5 Å². The van der Waals surface area contributed by atoms with Gasteiger partial charge >= 0.3 is 0 Å². The van der Waals surface area contributed by atoms with Crippen molar-refractivity contribution < 1.29 is 14.3 Å². The van der Waals surface area contributed by atoms with Crippen LogP contribution in [0.15, 0.2) is 24.3 Å². The summed E-state index contributed by atoms with van der Waals surface area (Å²) in [5, 5.41) is 11.3. The summed E-state index contributed by atoms with van der Waals surface area (Å²) in [6.07, 6.45) is 2.28. The number of amides is 2. The molecular weight excluding hydrogens is 418 g/mol. The molecule has 2 N–H and O–H groups in total. The smallest absolute Gasteiger partial charge is 0.223 e. The number of nitrogens with one attached hydrogen (secondary N) is 2. The van der Waals surface area contributed by atoms with Gasteiger partial charge in [-0.15, -0.1) is 0 Å². The topological polar surface area (TPSA) is 88.5 Å². The minimum atomic E-state index is -0.148. The monoisotopic (exact) mass is 447 g/mol. The highest BCUT2D eigenvalue weighted by atomic mass is 35.5. The van der Waals surface area contributed by atoms with E-state index in [9.17, 15) is 9.59 Å². The van der Waals surface area contributed by atoms with Gasteiger partial charge in [-0.1, -0.05) is 11.6 Å². The van der Waals surface area contributed by atoms with Crippen LogP contribution in [0, 0.1) is 12.8 Å². The number of hydrogen-bond acceptors (Lipinski definition) is 5. The van der Waals surface area contributed by atoms with Crippen molar-refractivity contribution >= 4 is 34.9 Å². The van der Waals surface area contributed by atoms with E-state index in [1.165, 1.54) is 6.92 Å². The van der Waals surface area contributed by atoms with E-state index in [1.54, 1.807) is 7.11 Å². The zero-order valence-corrected chi connectivity index (χ0v) is 19.0. The molecule has 1 aromatic heterocycles. The maximum atomic E-state index is 12.5. The summed E-state index contributed by atoms with van der Waals surface area (Å²) in [4.78, 5) is 26.5. The molecular formula is C22H30ClN5O3. The van der Waals surface area contributed by atoms with Gasteiger partial charge in [0.25, 0.3) is 0 Å². The Balaban J connectivity index is 1.78. The molecule has 0 atom stereocenters. The summed E-state index contributed by atoms with van der Waals surface area (Å²) >= 11 is 6.05. The van der Waals surface area contributed by atoms with E-state index >= 15 is 0 Å². The molecule has 2 amide bonds. The molecule has 0 radical (unpaired) electrons. The number of halogens is 1. The predicted molar refractivity (Wildman–Crippen MR) is 122 cm³/mol. The number of aryl methyl sites for hydroxylation is 1. The van der Waals surface area contributed by atoms with Crippen molar-refractivity contribution in [2.45, 2.75) is 33.1 Å². The number of rotatable bonds is 8. The van der Waals surface area contributed by atoms with Crippen molar-refractivity contribution in [1.82, 2.24) is 15.1 Å². The zero-order chi connectivity index (χ0) is 22.4. The average molecular weight is 448 g/mol. The second kappa shape index (κ2) is 10.6. The van der Waals surface area contributed by atoms with Crippen LogP contribution in [0.3, 0.4) is 0 Å². The summed E-state index contributed by atoms with van der Waals surface area (Å²) in [5.74, 6) is 0.760. The molecule has 0 spiro atoms. The third-order valence-electron chi connectivity index (χ3n) is 5.40. The molecule has 1 fully saturated rings. The van der Waals surface area contributed by atoms with Crippen LogP contribution in [0.5, 0.6) is 0 Å². The van der Waals surface area contributed by atoms with Crippen LogP contribution in [0.1, 0.15) is 31.9 Å². The van der Waals surface area contributed by atoms with Gasteiger partial charge in [-0.05, 0) is 50.5 Å². The van der Waals surface area contributed by atoms with E-state index in [0.29, 0.717) is 37.0 Å². The first kappa shape index (κ1) is 23.1. The molecule has 3 rings (SSSR count). The van der Waals surface area contributed by atoms with Gasteiger partial charge in [0, 0.05) is 51.2 Å². The summed E-state index contributed by atoms with van der Waals surface area (Å²) in [5.41, 5.74) is 2.29. The fraction of sp³-hybridized carbons (Fsp3) is 0.500. The van der Waals surface area contributed by atoms with Crippen LogP contribution >= 0.6 is 11.6 Å². The molecule has 8 nitrogen and oxygen atoms in total. The summed E-state index contributed by atoms with van der Waals surface area (Å²) < 4.78 is 6.86. The highest BCUT2D eigenvalue weighted by molar-refractivity contribution is 6.30. The number of carbonyl (C=O) groups is 2. The maximum absolute atomic E-state index is 12.5. The third-order valence-corrected chi connectivity index (χ3v) is 5.65. The molecule has 1 aromatic carbocycles. The van der Waals surface area contributed by atoms with Crippen molar-refractivity contribution in [2.24, 2.45) is 5.92 Å². The molecule has 1 aliphatic heterocycles. The van der Waals surface area contributed by atoms with Crippen molar-refractivity contribution in [3.8, 4) is 5.69 Å². The van der Waals surface area contributed by atoms with E-state index in [-0.39, 0.29) is 17.7 Å². The Bertz CT molecular complexity index is 905. The lowest BCUT2D eigenvalue weighted by Crippen LogP contribution is -2.41. The Hall–Kier alpha value is -2.58. The van der Waals surface area contributed by atoms with Gasteiger partial charge < -0.3 is 20.3 Å². The quantitative estimate of drug-likeness (QED) is 0.607. The van der Waals surface area contributed by atoms with Crippen molar-refractivity contribution in [2.75, 3.05) is 43.6 Å². The number of methoxy groups -OCH3 is 1. The average Bonchev–Trinajstić information content (AvgIpc) is 3.07. The predicted octanol–water partition coefficient (Wildman–Crippen LogP) is 3.16. The lowest BCUT2D eigenvalue weighted by molar-refractivity contribution is -0.125. The van der Waals surface area contributed by atoms with Crippen molar-refractivity contribution in [3.63, 3.8) is 0 Å². The minimum Gasteiger partial charge on any atom is -0.385 e. The lowest BCUT2D eigenvalue weighted by atomic mass is 9.95. The fourth-order valence-electron chi connectivity index (χ4n) is 3.82. The third kappa shape index (κ3) is 5.77. The fourth-order valence-corrected chi connectivity index (χ4v) is 3.94. The number of nitrogens with zero attached hydrogens (tertiary/aromatic N) is 3. The number of benzene rings is 1. The Labute approximate surface area is 187 Å². The number of ether oxygens (including phenoxy) is 1. The van der Waals surface area contributed by atoms with E-state index in [0.717, 1.165) is 36.5 Å². The van der Waals surface area contributed by atoms with Crippen LogP contribution < -0.4 is 15.5 Å². The highest BCUT2D eigenvalue weighted by Crippen LogP contribution is 2.35. The molecule has 0 aliphatic carbocycles. The minimum absolute atomic E-state index is 0.0176. The molecule has 1 saturated heterocycles. The van der Waals surface area contributed by atoms with Gasteiger partial charge in [0.1, 0.15) is 5.69 Å². The van der Waals surface area contributed by atoms with Crippen LogP contribution in [0.25, 0.3) is 5.69 Å². The molecule has 1 aliphatic rings. The van der Waals surface area contributed by atoms with E-state index in [4.69, 9.17) is 16.3 Å². The van der Waals surface area contributed by atoms with E-state index in [1.807, 2.05) is 35.9 Å². The van der Waals surface area contributed by atoms with Gasteiger partial charge in [-0.2, -0.15) is 5.10 Å². The van der Waals surface area contributed by atoms with E-state index in [2.05, 4.69) is 20.6 Å². The SMILES string of the molecule is COCCCNC(=O)C1CCN(c2c(NC(C)=O)c(C)nn2-c2ccc(Cl)cc2)CC1. The number of piperidine rings is 1. The standard InChI is InChI=1S/C22H30ClN5O3/c1-15-20(25-16(2)29)22(28(26-15)19-7-5-18(23)6-8-19)27-12-9-17(10-13-27)21(30)24-11-4-14-31-3/h5-8,17H,4,9-14H2,1-3H3,(H,24,30)(H,25,29). The summed E-state index contributed by atoms with van der Waals surface area (Å²) in [7, 11) is 1.66. The van der Waals surface area contributed by atoms with Gasteiger partial charge in [-0.3, -0.25) is 9.59 Å². The van der Waals surface area contributed by atoms with Crippen LogP contribution in [-0.4, -0.2) is 54.9 Å². The molecule has 0 bridgehead atoms. The zero-order valence-electron chi connectivity index (χ0n) is 18.3. The van der Waals surface area contributed by atoms with Crippen molar-refractivity contribution in [1.29, 1.82) is 0 Å². The highest BCUT2D eigenvalue weighted by Gasteiger charge is 2.29. The van der Waals surface area contributed by atoms with Crippen LogP contribution in [-0.2, 0) is 14.3 Å². The Morgan fingerprint density at radius 1 is 1.23 bits per heavy atom. The van der Waals surface area contributed by atoms with Crippen molar-refractivity contribution in [3.05, 3.63) is 35.0 Å². The normalized spacial score (nSPS) is 14.5. The first-order valence-corrected chi connectivity index (χ1v) is 10.9. The maximum Gasteiger partial charge on any atom is 0.223 e. The van der Waals surface area contributed by atoms with Gasteiger partial charge in [0.05, 0.1) is 11.4 Å². The summed E-state index contributed by atoms with van der Waals surface area (Å²) in [6.45, 7) is 6.02. The molecule has 31 heavy (non-hydrogen) atoms. The molecule has 2 aromatic rings. The Kier molecular flexibility index (Phi) is 7.92. The van der Waals surface area contributed by atoms with Gasteiger partial charge in [0.2, 0.25) is 11.8 Å². The van der Waals surface area contributed by atoms with E-state index < -0.39 is 0 Å². The first-order chi connectivity index (χ1) is 14.9. The molecule has 9 heteroatoms. The second-order valence-corrected chi connectivity index (χ2v) is 8.19. The largest absolute Gasteiger partial charge is 0.385 e. The Morgan fingerprint density at radius 3 is 2.52 bits per heavy atom. The van der Waals surface area contributed by atoms with Crippen LogP contribution in [0.2, 0.25) is 5.02 Å². The molecule has 168 valence electrons. The van der Waals surface area contributed by atoms with Gasteiger partial charge in [0.15, 0.2) is 5.82 Å². The molecule has 2 heterocycles.